The Morgan fingerprint density at radius 1 is 1.32 bits per heavy atom. The Morgan fingerprint density at radius 3 is 2.42 bits per heavy atom. The Hall–Kier alpha value is -1.06. The van der Waals surface area contributed by atoms with Gasteiger partial charge in [-0.25, -0.2) is 0 Å². The van der Waals surface area contributed by atoms with E-state index in [1.54, 1.807) is 0 Å². The Balaban J connectivity index is 0.00000324. The van der Waals surface area contributed by atoms with Gasteiger partial charge in [0, 0.05) is 19.0 Å². The van der Waals surface area contributed by atoms with Crippen molar-refractivity contribution in [2.75, 3.05) is 6.54 Å². The molecule has 1 aromatic carbocycles. The van der Waals surface area contributed by atoms with Gasteiger partial charge in [-0.3, -0.25) is 4.79 Å². The molecule has 0 fully saturated rings. The molecule has 0 aromatic heterocycles. The summed E-state index contributed by atoms with van der Waals surface area (Å²) in [7, 11) is 0. The lowest BCUT2D eigenvalue weighted by Crippen LogP contribution is -2.37. The highest BCUT2D eigenvalue weighted by Crippen LogP contribution is 2.28. The Labute approximate surface area is 122 Å². The van der Waals surface area contributed by atoms with Gasteiger partial charge in [-0.15, -0.1) is 12.4 Å². The quantitative estimate of drug-likeness (QED) is 0.844. The van der Waals surface area contributed by atoms with Crippen molar-refractivity contribution < 1.29 is 4.79 Å². The van der Waals surface area contributed by atoms with Crippen molar-refractivity contribution in [1.29, 1.82) is 0 Å². The normalized spacial score (nSPS) is 12.4. The highest BCUT2D eigenvalue weighted by Gasteiger charge is 2.23. The third-order valence-corrected chi connectivity index (χ3v) is 3.15. The minimum absolute atomic E-state index is 0. The lowest BCUT2D eigenvalue weighted by Gasteiger charge is -2.29. The zero-order valence-electron chi connectivity index (χ0n) is 12.0. The van der Waals surface area contributed by atoms with Crippen molar-refractivity contribution in [3.8, 4) is 0 Å². The number of amides is 1. The molecule has 4 heteroatoms. The summed E-state index contributed by atoms with van der Waals surface area (Å²) in [5, 5.41) is 2.99. The first-order chi connectivity index (χ1) is 8.45. The standard InChI is InChI=1S/C15H24N2O.ClH/c1-12(17-14(18)9-10-16)11-15(2,3)13-7-5-4-6-8-13;/h4-8,12H,9-11,16H2,1-3H3,(H,17,18);1H. The molecule has 1 unspecified atom stereocenters. The minimum Gasteiger partial charge on any atom is -0.354 e. The van der Waals surface area contributed by atoms with Crippen molar-refractivity contribution in [1.82, 2.24) is 5.32 Å². The van der Waals surface area contributed by atoms with Crippen molar-refractivity contribution in [3.63, 3.8) is 0 Å². The van der Waals surface area contributed by atoms with Crippen LogP contribution in [0.3, 0.4) is 0 Å². The number of hydrogen-bond donors (Lipinski definition) is 2. The van der Waals surface area contributed by atoms with Crippen LogP contribution in [-0.4, -0.2) is 18.5 Å². The summed E-state index contributed by atoms with van der Waals surface area (Å²) in [6, 6.07) is 10.5. The smallest absolute Gasteiger partial charge is 0.221 e. The van der Waals surface area contributed by atoms with Crippen molar-refractivity contribution in [2.24, 2.45) is 5.73 Å². The molecule has 0 bridgehead atoms. The van der Waals surface area contributed by atoms with E-state index in [-0.39, 0.29) is 29.8 Å². The first-order valence-electron chi connectivity index (χ1n) is 6.50. The molecule has 108 valence electrons. The Kier molecular flexibility index (Phi) is 7.72. The molecule has 1 aromatic rings. The summed E-state index contributed by atoms with van der Waals surface area (Å²) in [5.74, 6) is 0.0360. The van der Waals surface area contributed by atoms with Crippen LogP contribution in [0.25, 0.3) is 0 Å². The lowest BCUT2D eigenvalue weighted by atomic mass is 9.79. The third kappa shape index (κ3) is 6.08. The summed E-state index contributed by atoms with van der Waals surface area (Å²) in [6.07, 6.45) is 1.31. The predicted molar refractivity (Wildman–Crippen MR) is 82.6 cm³/mol. The molecule has 3 N–H and O–H groups in total. The van der Waals surface area contributed by atoms with Gasteiger partial charge in [-0.1, -0.05) is 44.2 Å². The zero-order chi connectivity index (χ0) is 13.6. The molecule has 1 amide bonds. The summed E-state index contributed by atoms with van der Waals surface area (Å²) in [6.45, 7) is 6.85. The van der Waals surface area contributed by atoms with Crippen LogP contribution in [0.15, 0.2) is 30.3 Å². The van der Waals surface area contributed by atoms with Crippen LogP contribution in [0.2, 0.25) is 0 Å². The Morgan fingerprint density at radius 2 is 1.89 bits per heavy atom. The van der Waals surface area contributed by atoms with Gasteiger partial charge in [0.2, 0.25) is 5.91 Å². The average Bonchev–Trinajstić information content (AvgIpc) is 2.29. The van der Waals surface area contributed by atoms with E-state index in [1.165, 1.54) is 5.56 Å². The van der Waals surface area contributed by atoms with E-state index >= 15 is 0 Å². The largest absolute Gasteiger partial charge is 0.354 e. The highest BCUT2D eigenvalue weighted by atomic mass is 35.5. The molecule has 0 heterocycles. The minimum atomic E-state index is 0. The molecule has 19 heavy (non-hydrogen) atoms. The van der Waals surface area contributed by atoms with Crippen LogP contribution in [0.1, 0.15) is 39.2 Å². The predicted octanol–water partition coefficient (Wildman–Crippen LogP) is 2.63. The van der Waals surface area contributed by atoms with E-state index in [0.717, 1.165) is 6.42 Å². The fourth-order valence-corrected chi connectivity index (χ4v) is 2.30. The average molecular weight is 285 g/mol. The number of nitrogens with two attached hydrogens (primary N) is 1. The first-order valence-corrected chi connectivity index (χ1v) is 6.50. The van der Waals surface area contributed by atoms with Crippen LogP contribution >= 0.6 is 12.4 Å². The molecule has 0 aliphatic heterocycles. The van der Waals surface area contributed by atoms with E-state index in [0.29, 0.717) is 13.0 Å². The lowest BCUT2D eigenvalue weighted by molar-refractivity contribution is -0.121. The second-order valence-corrected chi connectivity index (χ2v) is 5.46. The third-order valence-electron chi connectivity index (χ3n) is 3.15. The molecular weight excluding hydrogens is 260 g/mol. The van der Waals surface area contributed by atoms with Gasteiger partial charge in [-0.2, -0.15) is 0 Å². The second kappa shape index (κ2) is 8.18. The maximum atomic E-state index is 11.5. The summed E-state index contributed by atoms with van der Waals surface area (Å²) < 4.78 is 0. The van der Waals surface area contributed by atoms with Gasteiger partial charge < -0.3 is 11.1 Å². The molecule has 1 rings (SSSR count). The van der Waals surface area contributed by atoms with Gasteiger partial charge in [0.25, 0.3) is 0 Å². The number of nitrogens with one attached hydrogen (secondary N) is 1. The summed E-state index contributed by atoms with van der Waals surface area (Å²) >= 11 is 0. The molecule has 0 aliphatic carbocycles. The maximum absolute atomic E-state index is 11.5. The molecule has 0 spiro atoms. The first kappa shape index (κ1) is 17.9. The van der Waals surface area contributed by atoms with Crippen LogP contribution in [-0.2, 0) is 10.2 Å². The molecule has 1 atom stereocenters. The highest BCUT2D eigenvalue weighted by molar-refractivity contribution is 5.85. The van der Waals surface area contributed by atoms with Gasteiger partial charge in [-0.05, 0) is 24.3 Å². The molecule has 0 saturated heterocycles. The van der Waals surface area contributed by atoms with Gasteiger partial charge in [0.1, 0.15) is 0 Å². The number of carbonyl (C=O) groups is 1. The van der Waals surface area contributed by atoms with Crippen molar-refractivity contribution in [2.45, 2.75) is 45.1 Å². The van der Waals surface area contributed by atoms with Crippen LogP contribution in [0, 0.1) is 0 Å². The molecule has 0 radical (unpaired) electrons. The fraction of sp³-hybridized carbons (Fsp3) is 0.533. The van der Waals surface area contributed by atoms with E-state index in [2.05, 4.69) is 43.4 Å². The number of halogens is 1. The van der Waals surface area contributed by atoms with Gasteiger partial charge in [0.05, 0.1) is 0 Å². The number of carbonyl (C=O) groups excluding carboxylic acids is 1. The van der Waals surface area contributed by atoms with Crippen LogP contribution in [0.4, 0.5) is 0 Å². The van der Waals surface area contributed by atoms with Crippen molar-refractivity contribution in [3.05, 3.63) is 35.9 Å². The van der Waals surface area contributed by atoms with Crippen molar-refractivity contribution >= 4 is 18.3 Å². The number of hydrogen-bond acceptors (Lipinski definition) is 2. The van der Waals surface area contributed by atoms with E-state index in [4.69, 9.17) is 5.73 Å². The number of benzene rings is 1. The van der Waals surface area contributed by atoms with E-state index in [9.17, 15) is 4.79 Å². The molecule has 0 saturated carbocycles. The molecule has 0 aliphatic rings. The summed E-state index contributed by atoms with van der Waals surface area (Å²) in [4.78, 5) is 11.5. The SMILES string of the molecule is CC(CC(C)(C)c1ccccc1)NC(=O)CCN.Cl. The maximum Gasteiger partial charge on any atom is 0.221 e. The monoisotopic (exact) mass is 284 g/mol. The molecule has 3 nitrogen and oxygen atoms in total. The number of rotatable bonds is 6. The Bertz CT molecular complexity index is 379. The van der Waals surface area contributed by atoms with E-state index < -0.39 is 0 Å². The van der Waals surface area contributed by atoms with Gasteiger partial charge >= 0.3 is 0 Å². The topological polar surface area (TPSA) is 55.1 Å². The van der Waals surface area contributed by atoms with Gasteiger partial charge in [0.15, 0.2) is 0 Å². The zero-order valence-corrected chi connectivity index (χ0v) is 12.8. The van der Waals surface area contributed by atoms with Crippen LogP contribution < -0.4 is 11.1 Å². The molecular formula is C15H25ClN2O. The second-order valence-electron chi connectivity index (χ2n) is 5.46. The summed E-state index contributed by atoms with van der Waals surface area (Å²) in [5.41, 5.74) is 6.71. The van der Waals surface area contributed by atoms with Crippen LogP contribution in [0.5, 0.6) is 0 Å². The fourth-order valence-electron chi connectivity index (χ4n) is 2.30. The van der Waals surface area contributed by atoms with E-state index in [1.807, 2.05) is 13.0 Å².